The molecular formula is C23H27N7O2. The SMILES string of the molecule is Cc1nc(N2CCN(C(=O)CNC(=O)c3ccccc3)CC2)cc(-n2cnc(C)c2C)n1. The highest BCUT2D eigenvalue weighted by atomic mass is 16.2. The first-order chi connectivity index (χ1) is 15.4. The van der Waals surface area contributed by atoms with Crippen LogP contribution in [0.2, 0.25) is 0 Å². The molecule has 1 aromatic carbocycles. The molecule has 2 amide bonds. The van der Waals surface area contributed by atoms with Crippen molar-refractivity contribution < 1.29 is 9.59 Å². The van der Waals surface area contributed by atoms with Gasteiger partial charge < -0.3 is 15.1 Å². The predicted molar refractivity (Wildman–Crippen MR) is 121 cm³/mol. The number of hydrogen-bond acceptors (Lipinski definition) is 6. The summed E-state index contributed by atoms with van der Waals surface area (Å²) in [6, 6.07) is 10.9. The summed E-state index contributed by atoms with van der Waals surface area (Å²) >= 11 is 0. The quantitative estimate of drug-likeness (QED) is 0.658. The van der Waals surface area contributed by atoms with E-state index < -0.39 is 0 Å². The van der Waals surface area contributed by atoms with Crippen LogP contribution in [0.4, 0.5) is 5.82 Å². The Morgan fingerprint density at radius 3 is 2.31 bits per heavy atom. The van der Waals surface area contributed by atoms with Gasteiger partial charge in [-0.15, -0.1) is 0 Å². The number of anilines is 1. The maximum Gasteiger partial charge on any atom is 0.251 e. The number of benzene rings is 1. The van der Waals surface area contributed by atoms with Crippen molar-refractivity contribution in [1.82, 2.24) is 29.7 Å². The number of imidazole rings is 1. The van der Waals surface area contributed by atoms with Crippen LogP contribution < -0.4 is 10.2 Å². The van der Waals surface area contributed by atoms with Gasteiger partial charge >= 0.3 is 0 Å². The van der Waals surface area contributed by atoms with Gasteiger partial charge in [-0.3, -0.25) is 14.2 Å². The summed E-state index contributed by atoms with van der Waals surface area (Å²) in [7, 11) is 0. The zero-order valence-electron chi connectivity index (χ0n) is 18.6. The van der Waals surface area contributed by atoms with Crippen molar-refractivity contribution in [3.8, 4) is 5.82 Å². The molecule has 1 fully saturated rings. The number of nitrogens with one attached hydrogen (secondary N) is 1. The van der Waals surface area contributed by atoms with E-state index in [4.69, 9.17) is 0 Å². The van der Waals surface area contributed by atoms with E-state index in [0.29, 0.717) is 37.6 Å². The highest BCUT2D eigenvalue weighted by molar-refractivity contribution is 5.96. The fraction of sp³-hybridized carbons (Fsp3) is 0.348. The Balaban J connectivity index is 1.36. The maximum absolute atomic E-state index is 12.6. The monoisotopic (exact) mass is 433 g/mol. The molecule has 1 saturated heterocycles. The molecule has 9 nitrogen and oxygen atoms in total. The smallest absolute Gasteiger partial charge is 0.251 e. The van der Waals surface area contributed by atoms with Gasteiger partial charge in [-0.2, -0.15) is 0 Å². The number of carbonyl (C=O) groups excluding carboxylic acids is 2. The minimum absolute atomic E-state index is 0.0102. The number of hydrogen-bond donors (Lipinski definition) is 1. The largest absolute Gasteiger partial charge is 0.353 e. The van der Waals surface area contributed by atoms with E-state index in [9.17, 15) is 9.59 Å². The lowest BCUT2D eigenvalue weighted by molar-refractivity contribution is -0.130. The lowest BCUT2D eigenvalue weighted by Gasteiger charge is -2.35. The number of carbonyl (C=O) groups is 2. The molecule has 3 aromatic rings. The van der Waals surface area contributed by atoms with Crippen LogP contribution in [0.15, 0.2) is 42.7 Å². The van der Waals surface area contributed by atoms with E-state index in [0.717, 1.165) is 23.0 Å². The molecule has 0 unspecified atom stereocenters. The van der Waals surface area contributed by atoms with Crippen molar-refractivity contribution in [3.63, 3.8) is 0 Å². The molecule has 0 saturated carbocycles. The average molecular weight is 434 g/mol. The van der Waals surface area contributed by atoms with Crippen molar-refractivity contribution in [3.05, 3.63) is 65.5 Å². The summed E-state index contributed by atoms with van der Waals surface area (Å²) in [5.41, 5.74) is 2.56. The van der Waals surface area contributed by atoms with Crippen LogP contribution in [0.25, 0.3) is 5.82 Å². The summed E-state index contributed by atoms with van der Waals surface area (Å²) in [4.78, 5) is 42.2. The van der Waals surface area contributed by atoms with Crippen LogP contribution in [0.3, 0.4) is 0 Å². The Hall–Kier alpha value is -3.75. The summed E-state index contributed by atoms with van der Waals surface area (Å²) in [6.45, 7) is 8.32. The highest BCUT2D eigenvalue weighted by Gasteiger charge is 2.23. The van der Waals surface area contributed by atoms with Gasteiger partial charge in [-0.25, -0.2) is 15.0 Å². The molecule has 0 atom stereocenters. The van der Waals surface area contributed by atoms with E-state index in [1.165, 1.54) is 0 Å². The molecule has 3 heterocycles. The summed E-state index contributed by atoms with van der Waals surface area (Å²) in [5, 5.41) is 2.71. The fourth-order valence-corrected chi connectivity index (χ4v) is 3.70. The average Bonchev–Trinajstić information content (AvgIpc) is 3.15. The molecule has 1 aliphatic heterocycles. The van der Waals surface area contributed by atoms with Crippen LogP contribution in [0.1, 0.15) is 27.6 Å². The molecule has 1 N–H and O–H groups in total. The van der Waals surface area contributed by atoms with E-state index in [1.54, 1.807) is 35.5 Å². The fourth-order valence-electron chi connectivity index (χ4n) is 3.70. The van der Waals surface area contributed by atoms with Crippen molar-refractivity contribution in [2.75, 3.05) is 37.6 Å². The topological polar surface area (TPSA) is 96.2 Å². The molecule has 0 spiro atoms. The number of amides is 2. The van der Waals surface area contributed by atoms with Crippen molar-refractivity contribution in [2.24, 2.45) is 0 Å². The first kappa shape index (κ1) is 21.5. The van der Waals surface area contributed by atoms with Gasteiger partial charge in [0.1, 0.15) is 23.8 Å². The van der Waals surface area contributed by atoms with Gasteiger partial charge in [-0.05, 0) is 32.9 Å². The highest BCUT2D eigenvalue weighted by Crippen LogP contribution is 2.19. The van der Waals surface area contributed by atoms with Gasteiger partial charge in [0, 0.05) is 43.5 Å². The summed E-state index contributed by atoms with van der Waals surface area (Å²) in [5.74, 6) is 1.98. The molecular weight excluding hydrogens is 406 g/mol. The van der Waals surface area contributed by atoms with Crippen molar-refractivity contribution in [1.29, 1.82) is 0 Å². The summed E-state index contributed by atoms with van der Waals surface area (Å²) in [6.07, 6.45) is 1.77. The standard InChI is InChI=1S/C23H27N7O2/c1-16-17(2)30(15-25-16)21-13-20(26-18(3)27-21)28-9-11-29(12-10-28)22(31)14-24-23(32)19-7-5-4-6-8-19/h4-8,13,15H,9-12,14H2,1-3H3,(H,24,32). The lowest BCUT2D eigenvalue weighted by Crippen LogP contribution is -2.51. The molecule has 166 valence electrons. The van der Waals surface area contributed by atoms with E-state index in [2.05, 4.69) is 25.2 Å². The Labute approximate surface area is 187 Å². The zero-order chi connectivity index (χ0) is 22.7. The molecule has 0 bridgehead atoms. The molecule has 0 aliphatic carbocycles. The Bertz CT molecular complexity index is 1120. The molecule has 32 heavy (non-hydrogen) atoms. The van der Waals surface area contributed by atoms with E-state index in [1.807, 2.05) is 37.5 Å². The Kier molecular flexibility index (Phi) is 6.16. The number of aromatic nitrogens is 4. The van der Waals surface area contributed by atoms with Crippen LogP contribution in [-0.4, -0.2) is 69.0 Å². The predicted octanol–water partition coefficient (Wildman–Crippen LogP) is 1.67. The van der Waals surface area contributed by atoms with Crippen molar-refractivity contribution >= 4 is 17.6 Å². The van der Waals surface area contributed by atoms with Crippen molar-refractivity contribution in [2.45, 2.75) is 20.8 Å². The van der Waals surface area contributed by atoms with Crippen LogP contribution in [0, 0.1) is 20.8 Å². The normalized spacial score (nSPS) is 13.8. The second kappa shape index (κ2) is 9.17. The second-order valence-electron chi connectivity index (χ2n) is 7.83. The molecule has 1 aliphatic rings. The van der Waals surface area contributed by atoms with E-state index >= 15 is 0 Å². The van der Waals surface area contributed by atoms with Crippen LogP contribution in [0.5, 0.6) is 0 Å². The first-order valence-corrected chi connectivity index (χ1v) is 10.6. The number of rotatable bonds is 5. The number of piperazine rings is 1. The molecule has 0 radical (unpaired) electrons. The summed E-state index contributed by atoms with van der Waals surface area (Å²) < 4.78 is 1.96. The Morgan fingerprint density at radius 2 is 1.66 bits per heavy atom. The minimum atomic E-state index is -0.244. The lowest BCUT2D eigenvalue weighted by atomic mass is 10.2. The zero-order valence-corrected chi connectivity index (χ0v) is 18.6. The third-order valence-electron chi connectivity index (χ3n) is 5.70. The molecule has 9 heteroatoms. The minimum Gasteiger partial charge on any atom is -0.353 e. The van der Waals surface area contributed by atoms with Gasteiger partial charge in [0.25, 0.3) is 5.91 Å². The van der Waals surface area contributed by atoms with E-state index in [-0.39, 0.29) is 18.4 Å². The molecule has 2 aromatic heterocycles. The third kappa shape index (κ3) is 4.61. The van der Waals surface area contributed by atoms with Gasteiger partial charge in [-0.1, -0.05) is 18.2 Å². The van der Waals surface area contributed by atoms with Gasteiger partial charge in [0.05, 0.1) is 12.2 Å². The maximum atomic E-state index is 12.6. The second-order valence-corrected chi connectivity index (χ2v) is 7.83. The first-order valence-electron chi connectivity index (χ1n) is 10.6. The van der Waals surface area contributed by atoms with Gasteiger partial charge in [0.2, 0.25) is 5.91 Å². The number of nitrogens with zero attached hydrogens (tertiary/aromatic N) is 6. The van der Waals surface area contributed by atoms with Gasteiger partial charge in [0.15, 0.2) is 0 Å². The van der Waals surface area contributed by atoms with Crippen LogP contribution >= 0.6 is 0 Å². The van der Waals surface area contributed by atoms with Crippen LogP contribution in [-0.2, 0) is 4.79 Å². The Morgan fingerprint density at radius 1 is 0.969 bits per heavy atom. The third-order valence-corrected chi connectivity index (χ3v) is 5.70. The number of aryl methyl sites for hydroxylation is 2. The molecule has 4 rings (SSSR count).